The summed E-state index contributed by atoms with van der Waals surface area (Å²) in [6, 6.07) is 78.8. The van der Waals surface area contributed by atoms with Crippen LogP contribution in [0, 0.1) is 0 Å². The molecule has 1 heterocycles. The number of nitrogens with zero attached hydrogens (tertiary/aromatic N) is 2. The van der Waals surface area contributed by atoms with Crippen molar-refractivity contribution in [3.63, 3.8) is 0 Å². The molecular weight excluding hydrogens is 653 g/mol. The molecule has 0 amide bonds. The highest BCUT2D eigenvalue weighted by Gasteiger charge is 2.18. The zero-order valence-corrected chi connectivity index (χ0v) is 29.7. The van der Waals surface area contributed by atoms with E-state index in [1.54, 1.807) is 0 Å². The summed E-state index contributed by atoms with van der Waals surface area (Å²) in [5.74, 6) is 0. The van der Waals surface area contributed by atoms with E-state index in [1.807, 2.05) is 0 Å². The molecule has 0 aliphatic rings. The Balaban J connectivity index is 1.11. The lowest BCUT2D eigenvalue weighted by Gasteiger charge is -2.27. The average Bonchev–Trinajstić information content (AvgIpc) is 3.60. The first-order valence-corrected chi connectivity index (χ1v) is 18.5. The van der Waals surface area contributed by atoms with Gasteiger partial charge in [0, 0.05) is 33.5 Å². The van der Waals surface area contributed by atoms with E-state index < -0.39 is 0 Å². The van der Waals surface area contributed by atoms with Gasteiger partial charge in [-0.1, -0.05) is 158 Å². The summed E-state index contributed by atoms with van der Waals surface area (Å²) < 4.78 is 2.40. The summed E-state index contributed by atoms with van der Waals surface area (Å²) in [6.45, 7) is 0. The van der Waals surface area contributed by atoms with Gasteiger partial charge >= 0.3 is 0 Å². The molecule has 0 N–H and O–H groups in total. The Labute approximate surface area is 315 Å². The first kappa shape index (κ1) is 31.6. The van der Waals surface area contributed by atoms with Gasteiger partial charge in [-0.25, -0.2) is 0 Å². The molecule has 2 nitrogen and oxygen atoms in total. The molecule has 1 aromatic heterocycles. The van der Waals surface area contributed by atoms with Crippen LogP contribution in [0.5, 0.6) is 0 Å². The van der Waals surface area contributed by atoms with E-state index in [-0.39, 0.29) is 0 Å². The molecule has 2 heteroatoms. The van der Waals surface area contributed by atoms with E-state index in [0.29, 0.717) is 0 Å². The maximum atomic E-state index is 2.40. The summed E-state index contributed by atoms with van der Waals surface area (Å²) in [6.07, 6.45) is 0. The third kappa shape index (κ3) is 5.53. The molecular formula is C52H36N2. The molecule has 10 aromatic rings. The predicted octanol–water partition coefficient (Wildman–Crippen LogP) is 14.4. The highest BCUT2D eigenvalue weighted by atomic mass is 15.1. The fourth-order valence-electron chi connectivity index (χ4n) is 8.04. The van der Waals surface area contributed by atoms with Gasteiger partial charge in [-0.2, -0.15) is 0 Å². The first-order valence-electron chi connectivity index (χ1n) is 18.5. The Bertz CT molecular complexity index is 2890. The maximum absolute atomic E-state index is 2.40. The highest BCUT2D eigenvalue weighted by Crippen LogP contribution is 2.42. The van der Waals surface area contributed by atoms with Crippen LogP contribution < -0.4 is 4.90 Å². The van der Waals surface area contributed by atoms with E-state index >= 15 is 0 Å². The number of hydrogen-bond donors (Lipinski definition) is 0. The summed E-state index contributed by atoms with van der Waals surface area (Å²) in [5.41, 5.74) is 14.0. The fraction of sp³-hybridized carbons (Fsp3) is 0. The van der Waals surface area contributed by atoms with Crippen molar-refractivity contribution in [1.29, 1.82) is 0 Å². The fourth-order valence-corrected chi connectivity index (χ4v) is 8.04. The largest absolute Gasteiger partial charge is 0.310 e. The summed E-state index contributed by atoms with van der Waals surface area (Å²) in [5, 5.41) is 5.09. The molecule has 0 bridgehead atoms. The van der Waals surface area contributed by atoms with Crippen LogP contribution >= 0.6 is 0 Å². The van der Waals surface area contributed by atoms with Crippen LogP contribution in [0.1, 0.15) is 0 Å². The van der Waals surface area contributed by atoms with E-state index in [1.165, 1.54) is 66.0 Å². The molecule has 9 aromatic carbocycles. The van der Waals surface area contributed by atoms with Gasteiger partial charge < -0.3 is 9.47 Å². The Kier molecular flexibility index (Phi) is 7.85. The van der Waals surface area contributed by atoms with Crippen molar-refractivity contribution in [1.82, 2.24) is 4.57 Å². The van der Waals surface area contributed by atoms with Gasteiger partial charge in [0.15, 0.2) is 0 Å². The molecule has 10 rings (SSSR count). The standard InChI is InChI=1S/C52H36N2/c1-4-14-37(15-5-1)38-24-26-41(27-25-38)49-36-45(33-34-46(49)39-16-6-2-7-17-39)53(42-19-8-3-9-20-42)43-29-31-44(32-30-43)54-50-23-13-12-22-48(50)52-47-21-11-10-18-40(47)28-35-51(52)54/h1-36H. The number of rotatable bonds is 7. The van der Waals surface area contributed by atoms with Crippen LogP contribution in [-0.4, -0.2) is 4.57 Å². The van der Waals surface area contributed by atoms with E-state index in [9.17, 15) is 0 Å². The van der Waals surface area contributed by atoms with Crippen molar-refractivity contribution >= 4 is 49.6 Å². The van der Waals surface area contributed by atoms with Gasteiger partial charge in [0.1, 0.15) is 0 Å². The molecule has 0 atom stereocenters. The lowest BCUT2D eigenvalue weighted by atomic mass is 9.92. The number of hydrogen-bond acceptors (Lipinski definition) is 1. The van der Waals surface area contributed by atoms with Crippen molar-refractivity contribution < 1.29 is 0 Å². The Morgan fingerprint density at radius 1 is 0.315 bits per heavy atom. The zero-order chi connectivity index (χ0) is 35.8. The summed E-state index contributed by atoms with van der Waals surface area (Å²) >= 11 is 0. The minimum atomic E-state index is 1.09. The van der Waals surface area contributed by atoms with Crippen molar-refractivity contribution in [2.24, 2.45) is 0 Å². The number of fused-ring (bicyclic) bond motifs is 5. The van der Waals surface area contributed by atoms with Gasteiger partial charge in [0.05, 0.1) is 11.0 Å². The monoisotopic (exact) mass is 688 g/mol. The quantitative estimate of drug-likeness (QED) is 0.162. The van der Waals surface area contributed by atoms with E-state index in [0.717, 1.165) is 22.7 Å². The van der Waals surface area contributed by atoms with Crippen LogP contribution in [0.25, 0.3) is 71.6 Å². The second-order valence-electron chi connectivity index (χ2n) is 13.8. The topological polar surface area (TPSA) is 8.17 Å². The van der Waals surface area contributed by atoms with Crippen LogP contribution in [0.2, 0.25) is 0 Å². The smallest absolute Gasteiger partial charge is 0.0547 e. The molecule has 254 valence electrons. The lowest BCUT2D eigenvalue weighted by molar-refractivity contribution is 1.17. The second kappa shape index (κ2) is 13.4. The van der Waals surface area contributed by atoms with Crippen molar-refractivity contribution in [3.8, 4) is 39.1 Å². The Morgan fingerprint density at radius 3 is 1.59 bits per heavy atom. The van der Waals surface area contributed by atoms with Gasteiger partial charge in [-0.15, -0.1) is 0 Å². The third-order valence-electron chi connectivity index (χ3n) is 10.6. The molecule has 0 unspecified atom stereocenters. The lowest BCUT2D eigenvalue weighted by Crippen LogP contribution is -2.10. The first-order chi connectivity index (χ1) is 26.8. The molecule has 0 radical (unpaired) electrons. The predicted molar refractivity (Wildman–Crippen MR) is 229 cm³/mol. The molecule has 0 aliphatic heterocycles. The number of anilines is 3. The molecule has 0 aliphatic carbocycles. The third-order valence-corrected chi connectivity index (χ3v) is 10.6. The molecule has 0 saturated heterocycles. The maximum Gasteiger partial charge on any atom is 0.0547 e. The van der Waals surface area contributed by atoms with Gasteiger partial charge in [0.25, 0.3) is 0 Å². The highest BCUT2D eigenvalue weighted by molar-refractivity contribution is 6.21. The minimum Gasteiger partial charge on any atom is -0.310 e. The van der Waals surface area contributed by atoms with Crippen LogP contribution in [0.15, 0.2) is 218 Å². The number of aromatic nitrogens is 1. The number of benzene rings is 9. The van der Waals surface area contributed by atoms with Gasteiger partial charge in [-0.05, 0) is 105 Å². The zero-order valence-electron chi connectivity index (χ0n) is 29.7. The molecule has 0 spiro atoms. The Morgan fingerprint density at radius 2 is 0.852 bits per heavy atom. The Hall–Kier alpha value is -7.16. The molecule has 0 fully saturated rings. The molecule has 54 heavy (non-hydrogen) atoms. The van der Waals surface area contributed by atoms with Crippen molar-refractivity contribution in [2.45, 2.75) is 0 Å². The van der Waals surface area contributed by atoms with E-state index in [4.69, 9.17) is 0 Å². The summed E-state index contributed by atoms with van der Waals surface area (Å²) in [7, 11) is 0. The van der Waals surface area contributed by atoms with Crippen LogP contribution in [0.4, 0.5) is 17.1 Å². The van der Waals surface area contributed by atoms with Crippen molar-refractivity contribution in [3.05, 3.63) is 218 Å². The van der Waals surface area contributed by atoms with Crippen LogP contribution in [-0.2, 0) is 0 Å². The molecule has 0 saturated carbocycles. The number of para-hydroxylation sites is 2. The average molecular weight is 689 g/mol. The van der Waals surface area contributed by atoms with Gasteiger partial charge in [-0.3, -0.25) is 0 Å². The second-order valence-corrected chi connectivity index (χ2v) is 13.8. The summed E-state index contributed by atoms with van der Waals surface area (Å²) in [4.78, 5) is 2.36. The SMILES string of the molecule is c1ccc(-c2ccc(-c3cc(N(c4ccccc4)c4ccc(-n5c6ccccc6c6c7ccccc7ccc65)cc4)ccc3-c3ccccc3)cc2)cc1. The minimum absolute atomic E-state index is 1.09. The normalized spacial score (nSPS) is 11.3. The van der Waals surface area contributed by atoms with Gasteiger partial charge in [0.2, 0.25) is 0 Å². The van der Waals surface area contributed by atoms with E-state index in [2.05, 4.69) is 228 Å². The van der Waals surface area contributed by atoms with Crippen molar-refractivity contribution in [2.75, 3.05) is 4.90 Å². The van der Waals surface area contributed by atoms with Crippen LogP contribution in [0.3, 0.4) is 0 Å².